The molecule has 12 nitrogen and oxygen atoms in total. The third-order valence-corrected chi connectivity index (χ3v) is 10.0. The van der Waals surface area contributed by atoms with Crippen LogP contribution >= 0.6 is 11.6 Å². The van der Waals surface area contributed by atoms with Gasteiger partial charge in [0.25, 0.3) is 5.91 Å². The van der Waals surface area contributed by atoms with Gasteiger partial charge in [-0.25, -0.2) is 28.4 Å². The van der Waals surface area contributed by atoms with E-state index in [-0.39, 0.29) is 18.5 Å². The van der Waals surface area contributed by atoms with Crippen molar-refractivity contribution in [1.82, 2.24) is 28.7 Å². The minimum Gasteiger partial charge on any atom is -0.480 e. The maximum Gasteiger partial charge on any atom is 0.323 e. The lowest BCUT2D eigenvalue weighted by molar-refractivity contribution is -0.140. The van der Waals surface area contributed by atoms with Gasteiger partial charge < -0.3 is 10.0 Å². The summed E-state index contributed by atoms with van der Waals surface area (Å²) in [6.45, 7) is 13.0. The molecule has 4 heterocycles. The van der Waals surface area contributed by atoms with E-state index in [1.807, 2.05) is 59.1 Å². The number of hydrogen-bond acceptors (Lipinski definition) is 7. The fraction of sp³-hybridized carbons (Fsp3) is 0.405. The smallest absolute Gasteiger partial charge is 0.323 e. The highest BCUT2D eigenvalue weighted by Crippen LogP contribution is 2.44. The van der Waals surface area contributed by atoms with Crippen molar-refractivity contribution < 1.29 is 23.7 Å². The Labute approximate surface area is 307 Å². The number of carboxylic acid groups (broad SMARTS) is 1. The van der Waals surface area contributed by atoms with E-state index in [9.17, 15) is 18.6 Å². The van der Waals surface area contributed by atoms with Crippen LogP contribution in [0.2, 0.25) is 5.02 Å². The summed E-state index contributed by atoms with van der Waals surface area (Å²) < 4.78 is 17.8. The van der Waals surface area contributed by atoms with Crippen molar-refractivity contribution in [3.05, 3.63) is 83.5 Å². The number of imidazole rings is 1. The highest BCUT2D eigenvalue weighted by molar-refractivity contribution is 7.82. The minimum absolute atomic E-state index is 0.138. The molecule has 272 valence electrons. The largest absolute Gasteiger partial charge is 0.480 e. The molecule has 4 aromatic rings. The number of benzene rings is 2. The molecule has 0 radical (unpaired) electrons. The molecule has 14 heteroatoms. The summed E-state index contributed by atoms with van der Waals surface area (Å²) in [6.07, 6.45) is 9.56. The standard InChI is InChI=1S/C29H29ClN6O2S.C4H7NO3.C4H10/c1-19-11-24(30)13-25(12-19)35-27(37)29(3,14-21-6-8-22(9-7-21)23-15-31-18-32-16-23)36-26(17-33-28(35)36)39(38)34-10-4-5-20(34)2;1-5(3-6)2-4(7)8;1-4(2)3/h6-9,11-13,15-18,20H,4-5,10,14H2,1-3H3;3H,2H2,1H3,(H,7,8);4H,1-3H3/t20?,29-,39?;;/m1../s1. The minimum atomic E-state index is -1.45. The first kappa shape index (κ1) is 39.3. The molecular weight excluding hydrogens is 690 g/mol. The van der Waals surface area contributed by atoms with Crippen LogP contribution in [-0.2, 0) is 37.3 Å². The SMILES string of the molecule is CC(C)C.CN(C=O)CC(=O)O.Cc1cc(Cl)cc(N2C(=O)[C@@](C)(Cc3ccc(-c4cncnc4)cc3)n3c(S(=O)N4CCCC4C)cnc32)c1. The molecule has 1 fully saturated rings. The lowest BCUT2D eigenvalue weighted by atomic mass is 9.91. The van der Waals surface area contributed by atoms with Gasteiger partial charge in [0, 0.05) is 49.0 Å². The summed E-state index contributed by atoms with van der Waals surface area (Å²) >= 11 is 6.40. The molecule has 6 rings (SSSR count). The van der Waals surface area contributed by atoms with Crippen molar-refractivity contribution in [1.29, 1.82) is 0 Å². The molecule has 2 unspecified atom stereocenters. The topological polar surface area (TPSA) is 142 Å². The highest BCUT2D eigenvalue weighted by atomic mass is 35.5. The van der Waals surface area contributed by atoms with Crippen LogP contribution in [0.25, 0.3) is 11.1 Å². The van der Waals surface area contributed by atoms with Crippen molar-refractivity contribution in [2.24, 2.45) is 5.92 Å². The molecule has 1 N–H and O–H groups in total. The molecule has 0 saturated carbocycles. The zero-order valence-corrected chi connectivity index (χ0v) is 31.7. The quantitative estimate of drug-likeness (QED) is 0.199. The molecule has 1 saturated heterocycles. The summed E-state index contributed by atoms with van der Waals surface area (Å²) in [5, 5.41) is 9.09. The van der Waals surface area contributed by atoms with E-state index in [4.69, 9.17) is 16.7 Å². The Morgan fingerprint density at radius 1 is 1.12 bits per heavy atom. The first-order chi connectivity index (χ1) is 24.2. The monoisotopic (exact) mass is 735 g/mol. The Bertz CT molecular complexity index is 1830. The first-order valence-electron chi connectivity index (χ1n) is 16.8. The number of aliphatic carboxylic acids is 1. The van der Waals surface area contributed by atoms with Crippen LogP contribution in [-0.4, -0.2) is 82.5 Å². The van der Waals surface area contributed by atoms with E-state index in [1.165, 1.54) is 13.4 Å². The van der Waals surface area contributed by atoms with E-state index >= 15 is 0 Å². The van der Waals surface area contributed by atoms with Crippen molar-refractivity contribution in [2.75, 3.05) is 25.0 Å². The molecule has 2 aromatic heterocycles. The van der Waals surface area contributed by atoms with E-state index < -0.39 is 22.5 Å². The first-order valence-corrected chi connectivity index (χ1v) is 18.2. The molecular formula is C37H46ClN7O5S. The normalized spacial score (nSPS) is 18.7. The number of likely N-dealkylation sites (N-methyl/N-ethyl adjacent to an activating group) is 1. The van der Waals surface area contributed by atoms with Crippen molar-refractivity contribution in [3.8, 4) is 11.1 Å². The predicted molar refractivity (Wildman–Crippen MR) is 199 cm³/mol. The second-order valence-electron chi connectivity index (χ2n) is 13.7. The molecule has 51 heavy (non-hydrogen) atoms. The van der Waals surface area contributed by atoms with Crippen LogP contribution in [0.4, 0.5) is 11.6 Å². The summed E-state index contributed by atoms with van der Waals surface area (Å²) in [5.74, 6) is 0.151. The van der Waals surface area contributed by atoms with Gasteiger partial charge in [-0.1, -0.05) is 56.6 Å². The fourth-order valence-corrected chi connectivity index (χ4v) is 7.75. The molecule has 2 aliphatic heterocycles. The molecule has 2 aliphatic rings. The number of aryl methyl sites for hydroxylation is 1. The Morgan fingerprint density at radius 2 is 1.76 bits per heavy atom. The average Bonchev–Trinajstić information content (AvgIpc) is 3.76. The number of hydrogen-bond donors (Lipinski definition) is 1. The van der Waals surface area contributed by atoms with E-state index in [0.29, 0.717) is 34.5 Å². The van der Waals surface area contributed by atoms with Gasteiger partial charge in [-0.2, -0.15) is 0 Å². The number of amides is 2. The fourth-order valence-electron chi connectivity index (χ4n) is 5.92. The van der Waals surface area contributed by atoms with Gasteiger partial charge in [-0.3, -0.25) is 19.0 Å². The third-order valence-electron chi connectivity index (χ3n) is 8.20. The lowest BCUT2D eigenvalue weighted by Crippen LogP contribution is -2.42. The Morgan fingerprint density at radius 3 is 2.29 bits per heavy atom. The molecule has 0 aliphatic carbocycles. The number of anilines is 2. The lowest BCUT2D eigenvalue weighted by Gasteiger charge is -2.28. The van der Waals surface area contributed by atoms with Gasteiger partial charge in [0.15, 0.2) is 0 Å². The van der Waals surface area contributed by atoms with Crippen molar-refractivity contribution in [3.63, 3.8) is 0 Å². The number of carbonyl (C=O) groups is 3. The molecule has 0 bridgehead atoms. The second kappa shape index (κ2) is 17.2. The van der Waals surface area contributed by atoms with Gasteiger partial charge in [0.2, 0.25) is 12.4 Å². The predicted octanol–water partition coefficient (Wildman–Crippen LogP) is 6.27. The molecule has 2 aromatic carbocycles. The molecule has 0 spiro atoms. The van der Waals surface area contributed by atoms with E-state index in [1.54, 1.807) is 29.6 Å². The zero-order valence-electron chi connectivity index (χ0n) is 30.1. The number of carboxylic acids is 1. The summed E-state index contributed by atoms with van der Waals surface area (Å²) in [5.41, 5.74) is 3.42. The number of aromatic nitrogens is 4. The average molecular weight is 736 g/mol. The van der Waals surface area contributed by atoms with E-state index in [0.717, 1.165) is 52.5 Å². The van der Waals surface area contributed by atoms with Crippen molar-refractivity contribution in [2.45, 2.75) is 77.4 Å². The Kier molecular flexibility index (Phi) is 13.2. The van der Waals surface area contributed by atoms with Gasteiger partial charge in [-0.15, -0.1) is 0 Å². The molecule has 3 atom stereocenters. The number of halogens is 1. The Hall–Kier alpha value is -4.46. The number of carbonyl (C=O) groups excluding carboxylic acids is 2. The highest BCUT2D eigenvalue weighted by Gasteiger charge is 2.51. The summed E-state index contributed by atoms with van der Waals surface area (Å²) in [4.78, 5) is 49.3. The Balaban J connectivity index is 0.000000420. The third kappa shape index (κ3) is 9.46. The maximum atomic E-state index is 14.3. The van der Waals surface area contributed by atoms with E-state index in [2.05, 4.69) is 42.6 Å². The van der Waals surface area contributed by atoms with Gasteiger partial charge in [0.05, 0.1) is 11.9 Å². The number of nitrogens with zero attached hydrogens (tertiary/aromatic N) is 7. The van der Waals surface area contributed by atoms with Crippen molar-refractivity contribution >= 4 is 52.5 Å². The van der Waals surface area contributed by atoms with Crippen LogP contribution in [0, 0.1) is 12.8 Å². The van der Waals surface area contributed by atoms with Gasteiger partial charge in [0.1, 0.15) is 34.4 Å². The van der Waals surface area contributed by atoms with Crippen LogP contribution in [0.1, 0.15) is 58.6 Å². The maximum absolute atomic E-state index is 14.3. The van der Waals surface area contributed by atoms with Crippen LogP contribution in [0.15, 0.2) is 72.4 Å². The van der Waals surface area contributed by atoms with Gasteiger partial charge in [-0.05, 0) is 74.4 Å². The zero-order chi connectivity index (χ0) is 37.5. The summed E-state index contributed by atoms with van der Waals surface area (Å²) in [7, 11) is -0.0488. The van der Waals surface area contributed by atoms with Gasteiger partial charge >= 0.3 is 5.97 Å². The molecule has 2 amide bonds. The van der Waals surface area contributed by atoms with Crippen LogP contribution in [0.3, 0.4) is 0 Å². The van der Waals surface area contributed by atoms with Crippen LogP contribution in [0.5, 0.6) is 0 Å². The van der Waals surface area contributed by atoms with Crippen LogP contribution < -0.4 is 4.90 Å². The second-order valence-corrected chi connectivity index (χ2v) is 15.5. The number of rotatable bonds is 9. The number of fused-ring (bicyclic) bond motifs is 1. The summed E-state index contributed by atoms with van der Waals surface area (Å²) in [6, 6.07) is 13.8.